The Morgan fingerprint density at radius 2 is 1.55 bits per heavy atom. The molecule has 0 aliphatic rings. The van der Waals surface area contributed by atoms with E-state index in [4.69, 9.17) is 23.2 Å². The highest BCUT2D eigenvalue weighted by Gasteiger charge is 2.33. The molecule has 4 aromatic carbocycles. The molecule has 4 rings (SSSR count). The van der Waals surface area contributed by atoms with Gasteiger partial charge in [-0.25, -0.2) is 8.42 Å². The molecule has 42 heavy (non-hydrogen) atoms. The normalized spacial score (nSPS) is 12.1. The SMILES string of the molecule is CCCNC(=O)C(Cc1ccccc1)N(Cc1ccc(Cl)c(Cl)c1)C(=O)CN(c1cccc2ccccc12)S(C)(=O)=O. The largest absolute Gasteiger partial charge is 0.354 e. The highest BCUT2D eigenvalue weighted by Crippen LogP contribution is 2.29. The van der Waals surface area contributed by atoms with Crippen molar-refractivity contribution in [1.82, 2.24) is 10.2 Å². The Hall–Kier alpha value is -3.59. The third-order valence-electron chi connectivity index (χ3n) is 6.87. The number of anilines is 1. The lowest BCUT2D eigenvalue weighted by atomic mass is 10.0. The van der Waals surface area contributed by atoms with Crippen molar-refractivity contribution in [2.45, 2.75) is 32.4 Å². The fourth-order valence-corrected chi connectivity index (χ4v) is 5.96. The summed E-state index contributed by atoms with van der Waals surface area (Å²) in [6.07, 6.45) is 2.02. The topological polar surface area (TPSA) is 86.8 Å². The lowest BCUT2D eigenvalue weighted by Crippen LogP contribution is -2.53. The van der Waals surface area contributed by atoms with E-state index < -0.39 is 28.5 Å². The average Bonchev–Trinajstić information content (AvgIpc) is 2.97. The molecule has 0 fully saturated rings. The summed E-state index contributed by atoms with van der Waals surface area (Å²) in [6, 6.07) is 26.2. The standard InChI is InChI=1S/C32H33Cl2N3O4S/c1-3-18-35-32(39)30(20-23-10-5-4-6-11-23)36(21-24-16-17-27(33)28(34)19-24)31(38)22-37(42(2,40)41)29-15-9-13-25-12-7-8-14-26(25)29/h4-17,19,30H,3,18,20-22H2,1-2H3,(H,35,39). The molecule has 0 heterocycles. The van der Waals surface area contributed by atoms with Gasteiger partial charge in [0.15, 0.2) is 0 Å². The zero-order chi connectivity index (χ0) is 30.3. The summed E-state index contributed by atoms with van der Waals surface area (Å²) in [4.78, 5) is 29.3. The molecule has 1 N–H and O–H groups in total. The molecule has 4 aromatic rings. The number of rotatable bonds is 12. The van der Waals surface area contributed by atoms with Crippen LogP contribution >= 0.6 is 23.2 Å². The predicted octanol–water partition coefficient (Wildman–Crippen LogP) is 6.08. The van der Waals surface area contributed by atoms with Crippen molar-refractivity contribution < 1.29 is 18.0 Å². The van der Waals surface area contributed by atoms with Gasteiger partial charge in [-0.3, -0.25) is 13.9 Å². The van der Waals surface area contributed by atoms with Gasteiger partial charge in [-0.15, -0.1) is 0 Å². The van der Waals surface area contributed by atoms with Crippen molar-refractivity contribution in [2.75, 3.05) is 23.7 Å². The van der Waals surface area contributed by atoms with E-state index in [1.807, 2.05) is 67.6 Å². The van der Waals surface area contributed by atoms with Crippen molar-refractivity contribution in [1.29, 1.82) is 0 Å². The van der Waals surface area contributed by atoms with E-state index >= 15 is 0 Å². The maximum Gasteiger partial charge on any atom is 0.244 e. The lowest BCUT2D eigenvalue weighted by molar-refractivity contribution is -0.140. The Kier molecular flexibility index (Phi) is 10.5. The minimum absolute atomic E-state index is 0.0138. The summed E-state index contributed by atoms with van der Waals surface area (Å²) >= 11 is 12.4. The van der Waals surface area contributed by atoms with Crippen LogP contribution in [0.2, 0.25) is 10.0 Å². The molecular weight excluding hydrogens is 593 g/mol. The van der Waals surface area contributed by atoms with Crippen LogP contribution in [0.3, 0.4) is 0 Å². The number of benzene rings is 4. The molecule has 10 heteroatoms. The van der Waals surface area contributed by atoms with Gasteiger partial charge in [0.25, 0.3) is 0 Å². The van der Waals surface area contributed by atoms with E-state index in [0.29, 0.717) is 39.6 Å². The Labute approximate surface area is 257 Å². The number of carbonyl (C=O) groups excluding carboxylic acids is 2. The minimum atomic E-state index is -3.90. The molecule has 7 nitrogen and oxygen atoms in total. The first-order chi connectivity index (χ1) is 20.1. The van der Waals surface area contributed by atoms with Gasteiger partial charge in [0.05, 0.1) is 22.0 Å². The number of sulfonamides is 1. The highest BCUT2D eigenvalue weighted by molar-refractivity contribution is 7.92. The molecule has 0 spiro atoms. The molecule has 1 atom stereocenters. The van der Waals surface area contributed by atoms with Crippen LogP contribution < -0.4 is 9.62 Å². The molecular formula is C32H33Cl2N3O4S. The quantitative estimate of drug-likeness (QED) is 0.207. The van der Waals surface area contributed by atoms with Crippen LogP contribution in [-0.4, -0.2) is 50.5 Å². The van der Waals surface area contributed by atoms with Crippen LogP contribution in [0.15, 0.2) is 91.0 Å². The molecule has 0 saturated carbocycles. The van der Waals surface area contributed by atoms with Crippen molar-refractivity contribution in [3.8, 4) is 0 Å². The van der Waals surface area contributed by atoms with E-state index in [1.54, 1.807) is 30.3 Å². The van der Waals surface area contributed by atoms with Crippen molar-refractivity contribution in [2.24, 2.45) is 0 Å². The molecule has 0 saturated heterocycles. The predicted molar refractivity (Wildman–Crippen MR) is 170 cm³/mol. The minimum Gasteiger partial charge on any atom is -0.354 e. The second-order valence-electron chi connectivity index (χ2n) is 10.0. The highest BCUT2D eigenvalue weighted by atomic mass is 35.5. The molecule has 0 radical (unpaired) electrons. The zero-order valence-electron chi connectivity index (χ0n) is 23.5. The van der Waals surface area contributed by atoms with Crippen LogP contribution in [-0.2, 0) is 32.6 Å². The van der Waals surface area contributed by atoms with Crippen molar-refractivity contribution >= 4 is 61.5 Å². The fourth-order valence-electron chi connectivity index (χ4n) is 4.78. The Balaban J connectivity index is 1.78. The number of nitrogens with one attached hydrogen (secondary N) is 1. The van der Waals surface area contributed by atoms with Crippen molar-refractivity contribution in [3.05, 3.63) is 112 Å². The second kappa shape index (κ2) is 14.1. The van der Waals surface area contributed by atoms with Gasteiger partial charge in [0, 0.05) is 24.9 Å². The number of hydrogen-bond acceptors (Lipinski definition) is 4. The van der Waals surface area contributed by atoms with Crippen LogP contribution in [0.25, 0.3) is 10.8 Å². The number of fused-ring (bicyclic) bond motifs is 1. The van der Waals surface area contributed by atoms with Gasteiger partial charge in [0.2, 0.25) is 21.8 Å². The summed E-state index contributed by atoms with van der Waals surface area (Å²) in [7, 11) is -3.90. The maximum absolute atomic E-state index is 14.3. The maximum atomic E-state index is 14.3. The number of halogens is 2. The smallest absolute Gasteiger partial charge is 0.244 e. The summed E-state index contributed by atoms with van der Waals surface area (Å²) in [5.74, 6) is -0.864. The summed E-state index contributed by atoms with van der Waals surface area (Å²) in [5.41, 5.74) is 1.89. The first-order valence-electron chi connectivity index (χ1n) is 13.6. The van der Waals surface area contributed by atoms with Gasteiger partial charge in [-0.1, -0.05) is 103 Å². The summed E-state index contributed by atoms with van der Waals surface area (Å²) in [5, 5.41) is 5.12. The van der Waals surface area contributed by atoms with Gasteiger partial charge in [-0.2, -0.15) is 0 Å². The molecule has 220 valence electrons. The number of nitrogens with zero attached hydrogens (tertiary/aromatic N) is 2. The average molecular weight is 627 g/mol. The van der Waals surface area contributed by atoms with E-state index in [2.05, 4.69) is 5.32 Å². The Bertz CT molecular complexity index is 1660. The molecule has 0 aliphatic heterocycles. The van der Waals surface area contributed by atoms with Crippen LogP contribution in [0.1, 0.15) is 24.5 Å². The van der Waals surface area contributed by atoms with Crippen LogP contribution in [0.5, 0.6) is 0 Å². The van der Waals surface area contributed by atoms with E-state index in [0.717, 1.165) is 21.5 Å². The molecule has 2 amide bonds. The first-order valence-corrected chi connectivity index (χ1v) is 16.2. The number of hydrogen-bond donors (Lipinski definition) is 1. The second-order valence-corrected chi connectivity index (χ2v) is 12.8. The Morgan fingerprint density at radius 1 is 0.857 bits per heavy atom. The van der Waals surface area contributed by atoms with E-state index in [-0.39, 0.29) is 18.9 Å². The number of amides is 2. The van der Waals surface area contributed by atoms with Crippen molar-refractivity contribution in [3.63, 3.8) is 0 Å². The Morgan fingerprint density at radius 3 is 2.24 bits per heavy atom. The van der Waals surface area contributed by atoms with Gasteiger partial charge >= 0.3 is 0 Å². The van der Waals surface area contributed by atoms with Gasteiger partial charge < -0.3 is 10.2 Å². The zero-order valence-corrected chi connectivity index (χ0v) is 25.8. The third kappa shape index (κ3) is 7.82. The van der Waals surface area contributed by atoms with Gasteiger partial charge in [0.1, 0.15) is 12.6 Å². The van der Waals surface area contributed by atoms with E-state index in [9.17, 15) is 18.0 Å². The molecule has 0 bridgehead atoms. The molecule has 0 aromatic heterocycles. The monoisotopic (exact) mass is 625 g/mol. The van der Waals surface area contributed by atoms with Crippen LogP contribution in [0, 0.1) is 0 Å². The summed E-state index contributed by atoms with van der Waals surface area (Å²) < 4.78 is 27.4. The lowest BCUT2D eigenvalue weighted by Gasteiger charge is -2.33. The van der Waals surface area contributed by atoms with Gasteiger partial charge in [-0.05, 0) is 41.1 Å². The first kappa shape index (κ1) is 31.3. The summed E-state index contributed by atoms with van der Waals surface area (Å²) in [6.45, 7) is 1.89. The van der Waals surface area contributed by atoms with Crippen LogP contribution in [0.4, 0.5) is 5.69 Å². The molecule has 1 unspecified atom stereocenters. The third-order valence-corrected chi connectivity index (χ3v) is 8.74. The fraction of sp³-hybridized carbons (Fsp3) is 0.250. The number of carbonyl (C=O) groups is 2. The molecule has 0 aliphatic carbocycles. The van der Waals surface area contributed by atoms with E-state index in [1.165, 1.54) is 4.90 Å².